The summed E-state index contributed by atoms with van der Waals surface area (Å²) in [4.78, 5) is 0. The van der Waals surface area contributed by atoms with E-state index >= 15 is 0 Å². The standard InChI is InChI=1S/C18H42N3/c1-4-7-10-13-16-20-21(19,17-14-11-8-5-2)18-15-12-9-6-3/h20H,4-19H2,1-3H3/q+1. The minimum Gasteiger partial charge on any atom is -0.174 e. The van der Waals surface area contributed by atoms with Gasteiger partial charge in [-0.1, -0.05) is 65.7 Å². The molecule has 0 atom stereocenters. The van der Waals surface area contributed by atoms with Crippen LogP contribution < -0.4 is 11.3 Å². The maximum Gasteiger partial charge on any atom is 0.115 e. The molecular formula is C18H42N3+. The molecule has 0 saturated heterocycles. The molecule has 0 bridgehead atoms. The number of hydrogen-bond acceptors (Lipinski definition) is 2. The van der Waals surface area contributed by atoms with Crippen LogP contribution in [0.2, 0.25) is 0 Å². The van der Waals surface area contributed by atoms with E-state index in [4.69, 9.17) is 5.84 Å². The summed E-state index contributed by atoms with van der Waals surface area (Å²) in [6.45, 7) is 10.0. The fourth-order valence-corrected chi connectivity index (χ4v) is 2.76. The molecular weight excluding hydrogens is 258 g/mol. The topological polar surface area (TPSA) is 38.0 Å². The molecule has 0 rings (SSSR count). The van der Waals surface area contributed by atoms with Gasteiger partial charge in [0.15, 0.2) is 0 Å². The number of nitrogens with one attached hydrogen (secondary N) is 1. The average Bonchev–Trinajstić information content (AvgIpc) is 2.48. The molecule has 3 nitrogen and oxygen atoms in total. The molecule has 0 unspecified atom stereocenters. The Bertz CT molecular complexity index is 195. The van der Waals surface area contributed by atoms with Crippen molar-refractivity contribution in [2.45, 2.75) is 97.8 Å². The van der Waals surface area contributed by atoms with Crippen LogP contribution in [0.1, 0.15) is 97.8 Å². The van der Waals surface area contributed by atoms with Gasteiger partial charge < -0.3 is 0 Å². The summed E-state index contributed by atoms with van der Waals surface area (Å²) in [6.07, 6.45) is 15.6. The van der Waals surface area contributed by atoms with Gasteiger partial charge in [-0.15, -0.1) is 5.43 Å². The van der Waals surface area contributed by atoms with Crippen molar-refractivity contribution in [1.29, 1.82) is 0 Å². The van der Waals surface area contributed by atoms with Crippen molar-refractivity contribution in [3.8, 4) is 0 Å². The summed E-state index contributed by atoms with van der Waals surface area (Å²) >= 11 is 0. The molecule has 0 aromatic rings. The van der Waals surface area contributed by atoms with E-state index < -0.39 is 0 Å². The highest BCUT2D eigenvalue weighted by Gasteiger charge is 2.21. The zero-order chi connectivity index (χ0) is 15.8. The van der Waals surface area contributed by atoms with Crippen molar-refractivity contribution in [1.82, 2.24) is 5.43 Å². The Hall–Kier alpha value is -0.120. The van der Waals surface area contributed by atoms with E-state index in [9.17, 15) is 0 Å². The number of nitrogens with zero attached hydrogens (tertiary/aromatic N) is 1. The second kappa shape index (κ2) is 14.8. The molecule has 0 spiro atoms. The van der Waals surface area contributed by atoms with E-state index in [1.807, 2.05) is 0 Å². The molecule has 21 heavy (non-hydrogen) atoms. The van der Waals surface area contributed by atoms with Gasteiger partial charge >= 0.3 is 0 Å². The molecule has 128 valence electrons. The number of hydrogen-bond donors (Lipinski definition) is 2. The molecule has 0 saturated carbocycles. The molecule has 0 aliphatic rings. The molecule has 0 radical (unpaired) electrons. The maximum atomic E-state index is 6.60. The molecule has 0 aliphatic carbocycles. The summed E-state index contributed by atoms with van der Waals surface area (Å²) in [7, 11) is 0. The Morgan fingerprint density at radius 3 is 1.48 bits per heavy atom. The van der Waals surface area contributed by atoms with Crippen LogP contribution >= 0.6 is 0 Å². The predicted molar refractivity (Wildman–Crippen MR) is 94.6 cm³/mol. The van der Waals surface area contributed by atoms with Crippen LogP contribution in [0, 0.1) is 0 Å². The summed E-state index contributed by atoms with van der Waals surface area (Å²) in [5.74, 6) is 6.60. The van der Waals surface area contributed by atoms with E-state index in [-0.39, 0.29) is 0 Å². The van der Waals surface area contributed by atoms with Gasteiger partial charge in [-0.05, 0) is 19.3 Å². The summed E-state index contributed by atoms with van der Waals surface area (Å²) in [6, 6.07) is 0. The third-order valence-electron chi connectivity index (χ3n) is 4.28. The molecule has 3 heteroatoms. The fraction of sp³-hybridized carbons (Fsp3) is 1.00. The molecule has 0 heterocycles. The second-order valence-corrected chi connectivity index (χ2v) is 6.57. The van der Waals surface area contributed by atoms with Gasteiger partial charge in [0.05, 0.1) is 0 Å². The third kappa shape index (κ3) is 13.3. The zero-order valence-corrected chi connectivity index (χ0v) is 15.1. The van der Waals surface area contributed by atoms with Crippen LogP contribution in [0.5, 0.6) is 0 Å². The predicted octanol–water partition coefficient (Wildman–Crippen LogP) is 4.92. The Labute approximate surface area is 134 Å². The SMILES string of the molecule is CCCCCCN[N+](N)(CCCCCC)CCCCCC. The van der Waals surface area contributed by atoms with Crippen LogP contribution in [0.25, 0.3) is 0 Å². The Balaban J connectivity index is 3.98. The first kappa shape index (κ1) is 20.9. The van der Waals surface area contributed by atoms with E-state index in [0.717, 1.165) is 19.6 Å². The van der Waals surface area contributed by atoms with Crippen molar-refractivity contribution in [3.05, 3.63) is 0 Å². The van der Waals surface area contributed by atoms with Crippen molar-refractivity contribution in [3.63, 3.8) is 0 Å². The summed E-state index contributed by atoms with van der Waals surface area (Å²) < 4.78 is 0.597. The zero-order valence-electron chi connectivity index (χ0n) is 15.1. The van der Waals surface area contributed by atoms with E-state index in [0.29, 0.717) is 4.70 Å². The van der Waals surface area contributed by atoms with Crippen LogP contribution in [-0.4, -0.2) is 24.3 Å². The lowest BCUT2D eigenvalue weighted by molar-refractivity contribution is -0.981. The molecule has 0 fully saturated rings. The van der Waals surface area contributed by atoms with Crippen molar-refractivity contribution < 1.29 is 4.70 Å². The Kier molecular flexibility index (Phi) is 14.7. The summed E-state index contributed by atoms with van der Waals surface area (Å²) in [5.41, 5.74) is 3.62. The minimum absolute atomic E-state index is 0.597. The van der Waals surface area contributed by atoms with Crippen molar-refractivity contribution >= 4 is 0 Å². The fourth-order valence-electron chi connectivity index (χ4n) is 2.76. The first-order chi connectivity index (χ1) is 10.2. The van der Waals surface area contributed by atoms with Crippen LogP contribution in [0.3, 0.4) is 0 Å². The quantitative estimate of drug-likeness (QED) is 0.184. The highest BCUT2D eigenvalue weighted by atomic mass is 15.8. The highest BCUT2D eigenvalue weighted by molar-refractivity contribution is 4.46. The largest absolute Gasteiger partial charge is 0.174 e. The molecule has 0 amide bonds. The normalized spacial score (nSPS) is 12.0. The number of rotatable bonds is 16. The molecule has 0 aliphatic heterocycles. The van der Waals surface area contributed by atoms with Gasteiger partial charge in [0, 0.05) is 19.4 Å². The lowest BCUT2D eigenvalue weighted by atomic mass is 10.2. The van der Waals surface area contributed by atoms with Crippen molar-refractivity contribution in [2.75, 3.05) is 19.6 Å². The van der Waals surface area contributed by atoms with Gasteiger partial charge in [0.1, 0.15) is 13.1 Å². The lowest BCUT2D eigenvalue weighted by Gasteiger charge is -2.32. The van der Waals surface area contributed by atoms with Crippen LogP contribution in [0.15, 0.2) is 0 Å². The average molecular weight is 301 g/mol. The second-order valence-electron chi connectivity index (χ2n) is 6.57. The van der Waals surface area contributed by atoms with Crippen LogP contribution in [0.4, 0.5) is 0 Å². The number of unbranched alkanes of at least 4 members (excludes halogenated alkanes) is 9. The van der Waals surface area contributed by atoms with E-state index in [1.54, 1.807) is 0 Å². The minimum atomic E-state index is 0.597. The van der Waals surface area contributed by atoms with E-state index in [2.05, 4.69) is 26.2 Å². The monoisotopic (exact) mass is 300 g/mol. The molecule has 3 N–H and O–H groups in total. The Morgan fingerprint density at radius 1 is 0.619 bits per heavy atom. The van der Waals surface area contributed by atoms with Gasteiger partial charge in [-0.3, -0.25) is 0 Å². The van der Waals surface area contributed by atoms with Gasteiger partial charge in [-0.2, -0.15) is 10.5 Å². The smallest absolute Gasteiger partial charge is 0.115 e. The van der Waals surface area contributed by atoms with Gasteiger partial charge in [0.25, 0.3) is 0 Å². The molecule has 0 aromatic heterocycles. The molecule has 0 aromatic carbocycles. The third-order valence-corrected chi connectivity index (χ3v) is 4.28. The Morgan fingerprint density at radius 2 is 1.05 bits per heavy atom. The number of quaternary nitrogens is 1. The number of nitrogens with two attached hydrogens (primary N) is 1. The van der Waals surface area contributed by atoms with Gasteiger partial charge in [0.2, 0.25) is 0 Å². The van der Waals surface area contributed by atoms with Crippen molar-refractivity contribution in [2.24, 2.45) is 5.84 Å². The first-order valence-electron chi connectivity index (χ1n) is 9.59. The lowest BCUT2D eigenvalue weighted by Crippen LogP contribution is -2.64. The summed E-state index contributed by atoms with van der Waals surface area (Å²) in [5, 5.41) is 0. The van der Waals surface area contributed by atoms with E-state index in [1.165, 1.54) is 77.0 Å². The van der Waals surface area contributed by atoms with Crippen LogP contribution in [-0.2, 0) is 0 Å². The maximum absolute atomic E-state index is 6.60. The highest BCUT2D eigenvalue weighted by Crippen LogP contribution is 2.08. The van der Waals surface area contributed by atoms with Gasteiger partial charge in [-0.25, -0.2) is 0 Å². The first-order valence-corrected chi connectivity index (χ1v) is 9.59.